The van der Waals surface area contributed by atoms with Crippen molar-refractivity contribution >= 4 is 34.8 Å². The maximum Gasteiger partial charge on any atom is 0.226 e. The number of rotatable bonds is 2. The zero-order chi connectivity index (χ0) is 20.9. The Bertz CT molecular complexity index is 1330. The first-order valence-corrected chi connectivity index (χ1v) is 10.5. The van der Waals surface area contributed by atoms with Crippen LogP contribution in [-0.2, 0) is 0 Å². The number of hydrogen-bond acceptors (Lipinski definition) is 5. The molecule has 4 heterocycles. The average molecular weight is 448 g/mol. The van der Waals surface area contributed by atoms with E-state index in [4.69, 9.17) is 27.9 Å². The summed E-state index contributed by atoms with van der Waals surface area (Å²) >= 11 is 12.6. The summed E-state index contributed by atoms with van der Waals surface area (Å²) in [6.45, 7) is 0. The first-order valence-electron chi connectivity index (χ1n) is 9.72. The first-order chi connectivity index (χ1) is 15.2. The molecule has 0 saturated heterocycles. The van der Waals surface area contributed by atoms with E-state index in [0.29, 0.717) is 16.0 Å². The van der Waals surface area contributed by atoms with Crippen LogP contribution in [0.15, 0.2) is 78.9 Å². The highest BCUT2D eigenvalue weighted by molar-refractivity contribution is 6.42. The van der Waals surface area contributed by atoms with Crippen molar-refractivity contribution in [3.8, 4) is 5.75 Å². The topological polar surface area (TPSA) is 64.9 Å². The molecule has 2 aliphatic heterocycles. The van der Waals surface area contributed by atoms with E-state index in [-0.39, 0.29) is 6.04 Å². The third kappa shape index (κ3) is 2.91. The van der Waals surface area contributed by atoms with Crippen LogP contribution < -0.4 is 10.1 Å². The van der Waals surface area contributed by atoms with Gasteiger partial charge in [0.15, 0.2) is 0 Å². The van der Waals surface area contributed by atoms with E-state index in [1.165, 1.54) is 0 Å². The van der Waals surface area contributed by atoms with Crippen molar-refractivity contribution in [1.82, 2.24) is 19.7 Å². The van der Waals surface area contributed by atoms with Crippen LogP contribution >= 0.6 is 23.2 Å². The summed E-state index contributed by atoms with van der Waals surface area (Å²) in [4.78, 5) is 8.77. The molecule has 0 aliphatic carbocycles. The fourth-order valence-corrected chi connectivity index (χ4v) is 4.53. The molecule has 4 aromatic rings. The van der Waals surface area contributed by atoms with Gasteiger partial charge in [-0.05, 0) is 41.5 Å². The summed E-state index contributed by atoms with van der Waals surface area (Å²) in [5.74, 6) is 1.44. The summed E-state index contributed by atoms with van der Waals surface area (Å²) < 4.78 is 8.40. The normalized spacial score (nSPS) is 19.0. The fourth-order valence-electron chi connectivity index (χ4n) is 4.23. The van der Waals surface area contributed by atoms with Crippen molar-refractivity contribution in [2.45, 2.75) is 12.1 Å². The second kappa shape index (κ2) is 7.11. The van der Waals surface area contributed by atoms with Gasteiger partial charge in [-0.1, -0.05) is 47.5 Å². The number of halogens is 2. The number of nitrogens with zero attached hydrogens (tertiary/aromatic N) is 4. The van der Waals surface area contributed by atoms with Crippen LogP contribution in [0.4, 0.5) is 5.95 Å². The van der Waals surface area contributed by atoms with Crippen molar-refractivity contribution < 1.29 is 4.74 Å². The Kier molecular flexibility index (Phi) is 4.23. The Hall–Kier alpha value is -3.35. The van der Waals surface area contributed by atoms with Crippen molar-refractivity contribution in [2.75, 3.05) is 5.32 Å². The molecule has 2 aromatic carbocycles. The third-order valence-electron chi connectivity index (χ3n) is 5.57. The summed E-state index contributed by atoms with van der Waals surface area (Å²) in [6, 6.07) is 17.2. The number of benzene rings is 2. The molecular weight excluding hydrogens is 433 g/mol. The van der Waals surface area contributed by atoms with Gasteiger partial charge in [-0.3, -0.25) is 4.98 Å². The van der Waals surface area contributed by atoms with Gasteiger partial charge in [0, 0.05) is 23.5 Å². The predicted octanol–water partition coefficient (Wildman–Crippen LogP) is 5.54. The molecule has 2 aromatic heterocycles. The molecule has 0 amide bonds. The van der Waals surface area contributed by atoms with E-state index in [9.17, 15) is 0 Å². The van der Waals surface area contributed by atoms with Crippen LogP contribution in [0.25, 0.3) is 5.70 Å². The molecular formula is C23H15Cl2N5O. The quantitative estimate of drug-likeness (QED) is 0.436. The molecule has 6 rings (SSSR count). The van der Waals surface area contributed by atoms with Crippen LogP contribution in [-0.4, -0.2) is 19.7 Å². The Morgan fingerprint density at radius 3 is 2.71 bits per heavy atom. The summed E-state index contributed by atoms with van der Waals surface area (Å²) in [5, 5.41) is 8.95. The van der Waals surface area contributed by atoms with E-state index in [0.717, 1.165) is 33.7 Å². The third-order valence-corrected chi connectivity index (χ3v) is 6.31. The molecule has 1 N–H and O–H groups in total. The van der Waals surface area contributed by atoms with Gasteiger partial charge in [0.1, 0.15) is 24.2 Å². The van der Waals surface area contributed by atoms with Crippen molar-refractivity contribution in [3.05, 3.63) is 106 Å². The summed E-state index contributed by atoms with van der Waals surface area (Å²) in [5.41, 5.74) is 4.80. The largest absolute Gasteiger partial charge is 0.480 e. The second-order valence-corrected chi connectivity index (χ2v) is 8.15. The molecule has 0 fully saturated rings. The molecule has 0 bridgehead atoms. The zero-order valence-electron chi connectivity index (χ0n) is 16.0. The van der Waals surface area contributed by atoms with Gasteiger partial charge in [0.2, 0.25) is 5.95 Å². The van der Waals surface area contributed by atoms with Crippen LogP contribution in [0.3, 0.4) is 0 Å². The standard InChI is InChI=1S/C23H15Cl2N5O/c24-16-8-7-13(10-17(16)25)22-19-20(15-5-1-2-6-18(15)31-22)29-23-27-12-28-30(23)21(19)14-4-3-9-26-11-14/h1-12,21-22H,(H,27,28,29). The number of nitrogens with one attached hydrogen (secondary N) is 1. The van der Waals surface area contributed by atoms with Gasteiger partial charge in [-0.15, -0.1) is 0 Å². The van der Waals surface area contributed by atoms with E-state index in [1.807, 2.05) is 59.4 Å². The number of hydrogen-bond donors (Lipinski definition) is 1. The lowest BCUT2D eigenvalue weighted by atomic mass is 9.85. The maximum atomic E-state index is 6.54. The maximum absolute atomic E-state index is 6.54. The monoisotopic (exact) mass is 447 g/mol. The highest BCUT2D eigenvalue weighted by Crippen LogP contribution is 2.50. The Balaban J connectivity index is 1.63. The number of pyridine rings is 1. The smallest absolute Gasteiger partial charge is 0.226 e. The van der Waals surface area contributed by atoms with Crippen LogP contribution in [0.1, 0.15) is 28.8 Å². The minimum absolute atomic E-state index is 0.254. The van der Waals surface area contributed by atoms with Crippen LogP contribution in [0.5, 0.6) is 5.75 Å². The molecule has 0 saturated carbocycles. The van der Waals surface area contributed by atoms with Gasteiger partial charge in [0.25, 0.3) is 0 Å². The average Bonchev–Trinajstić information content (AvgIpc) is 3.28. The minimum Gasteiger partial charge on any atom is -0.480 e. The zero-order valence-corrected chi connectivity index (χ0v) is 17.5. The number of para-hydroxylation sites is 1. The lowest BCUT2D eigenvalue weighted by molar-refractivity contribution is 0.223. The molecule has 0 radical (unpaired) electrons. The molecule has 2 atom stereocenters. The number of ether oxygens (including phenoxy) is 1. The molecule has 31 heavy (non-hydrogen) atoms. The second-order valence-electron chi connectivity index (χ2n) is 7.34. The molecule has 152 valence electrons. The minimum atomic E-state index is -0.408. The van der Waals surface area contributed by atoms with Gasteiger partial charge < -0.3 is 10.1 Å². The molecule has 2 aliphatic rings. The molecule has 6 nitrogen and oxygen atoms in total. The molecule has 2 unspecified atom stereocenters. The fraction of sp³-hybridized carbons (Fsp3) is 0.0870. The van der Waals surface area contributed by atoms with Crippen LogP contribution in [0.2, 0.25) is 10.0 Å². The number of aromatic nitrogens is 4. The van der Waals surface area contributed by atoms with Crippen molar-refractivity contribution in [3.63, 3.8) is 0 Å². The Labute approximate surface area is 188 Å². The van der Waals surface area contributed by atoms with Gasteiger partial charge >= 0.3 is 0 Å². The highest BCUT2D eigenvalue weighted by atomic mass is 35.5. The Morgan fingerprint density at radius 2 is 1.87 bits per heavy atom. The lowest BCUT2D eigenvalue weighted by Gasteiger charge is -2.38. The highest BCUT2D eigenvalue weighted by Gasteiger charge is 2.41. The SMILES string of the molecule is Clc1ccc(C2Oc3ccccc3C3=C2C(c2cccnc2)n2ncnc2N3)cc1Cl. The number of fused-ring (bicyclic) bond motifs is 3. The summed E-state index contributed by atoms with van der Waals surface area (Å²) in [6.07, 6.45) is 4.74. The lowest BCUT2D eigenvalue weighted by Crippen LogP contribution is -2.32. The van der Waals surface area contributed by atoms with Crippen molar-refractivity contribution in [2.24, 2.45) is 0 Å². The Morgan fingerprint density at radius 1 is 0.968 bits per heavy atom. The number of anilines is 1. The molecule has 0 spiro atoms. The van der Waals surface area contributed by atoms with Crippen LogP contribution in [0, 0.1) is 0 Å². The predicted molar refractivity (Wildman–Crippen MR) is 119 cm³/mol. The van der Waals surface area contributed by atoms with E-state index < -0.39 is 6.10 Å². The first kappa shape index (κ1) is 18.4. The van der Waals surface area contributed by atoms with Gasteiger partial charge in [-0.25, -0.2) is 4.68 Å². The van der Waals surface area contributed by atoms with E-state index in [2.05, 4.69) is 20.4 Å². The van der Waals surface area contributed by atoms with E-state index >= 15 is 0 Å². The molecule has 8 heteroatoms. The summed E-state index contributed by atoms with van der Waals surface area (Å²) in [7, 11) is 0. The van der Waals surface area contributed by atoms with Gasteiger partial charge in [-0.2, -0.15) is 10.1 Å². The van der Waals surface area contributed by atoms with Gasteiger partial charge in [0.05, 0.1) is 15.7 Å². The van der Waals surface area contributed by atoms with E-state index in [1.54, 1.807) is 18.6 Å². The van der Waals surface area contributed by atoms with Crippen molar-refractivity contribution in [1.29, 1.82) is 0 Å².